The topological polar surface area (TPSA) is 29.0 Å². The minimum Gasteiger partial charge on any atom is -0.296 e. The van der Waals surface area contributed by atoms with Crippen molar-refractivity contribution in [2.75, 3.05) is 6.54 Å². The van der Waals surface area contributed by atoms with Crippen LogP contribution in [-0.2, 0) is 13.0 Å². The average Bonchev–Trinajstić information content (AvgIpc) is 2.61. The highest BCUT2D eigenvalue weighted by atomic mass is 15.2. The molecule has 1 aromatic rings. The van der Waals surface area contributed by atoms with Crippen LogP contribution in [0.5, 0.6) is 0 Å². The quantitative estimate of drug-likeness (QED) is 0.641. The zero-order valence-corrected chi connectivity index (χ0v) is 9.45. The first-order valence-electron chi connectivity index (χ1n) is 5.81. The highest BCUT2D eigenvalue weighted by molar-refractivity contribution is 5.28. The van der Waals surface area contributed by atoms with Crippen molar-refractivity contribution in [1.29, 1.82) is 0 Å². The number of hydrogen-bond donors (Lipinski definition) is 0. The van der Waals surface area contributed by atoms with Crippen LogP contribution < -0.4 is 0 Å². The fourth-order valence-electron chi connectivity index (χ4n) is 2.94. The predicted molar refractivity (Wildman–Crippen MR) is 58.6 cm³/mol. The first kappa shape index (κ1) is 9.28. The molecule has 1 aromatic heterocycles. The molecule has 0 saturated carbocycles. The summed E-state index contributed by atoms with van der Waals surface area (Å²) in [4.78, 5) is 11.7. The van der Waals surface area contributed by atoms with Gasteiger partial charge in [0.1, 0.15) is 5.82 Å². The molecule has 0 spiro atoms. The Labute approximate surface area is 90.5 Å². The molecule has 0 amide bonds. The van der Waals surface area contributed by atoms with Gasteiger partial charge >= 0.3 is 0 Å². The Hall–Kier alpha value is -0.960. The monoisotopic (exact) mass is 203 g/mol. The van der Waals surface area contributed by atoms with Crippen LogP contribution >= 0.6 is 0 Å². The summed E-state index contributed by atoms with van der Waals surface area (Å²) in [7, 11) is 0. The third-order valence-corrected chi connectivity index (χ3v) is 3.70. The largest absolute Gasteiger partial charge is 0.296 e. The van der Waals surface area contributed by atoms with Crippen molar-refractivity contribution in [2.24, 2.45) is 0 Å². The number of hydrogen-bond acceptors (Lipinski definition) is 3. The van der Waals surface area contributed by atoms with Crippen molar-refractivity contribution in [3.8, 4) is 0 Å². The van der Waals surface area contributed by atoms with E-state index in [2.05, 4.69) is 21.8 Å². The lowest BCUT2D eigenvalue weighted by atomic mass is 9.98. The van der Waals surface area contributed by atoms with Crippen molar-refractivity contribution < 1.29 is 0 Å². The minimum atomic E-state index is 0.756. The predicted octanol–water partition coefficient (Wildman–Crippen LogP) is 1.61. The molecule has 15 heavy (non-hydrogen) atoms. The van der Waals surface area contributed by atoms with Crippen molar-refractivity contribution in [2.45, 2.75) is 45.7 Å². The summed E-state index contributed by atoms with van der Waals surface area (Å²) in [5, 5.41) is 0. The second-order valence-electron chi connectivity index (χ2n) is 4.75. The molecule has 0 bridgehead atoms. The van der Waals surface area contributed by atoms with Crippen LogP contribution in [0.2, 0.25) is 0 Å². The lowest BCUT2D eigenvalue weighted by molar-refractivity contribution is 0.223. The van der Waals surface area contributed by atoms with Crippen LogP contribution in [-0.4, -0.2) is 27.5 Å². The number of aryl methyl sites for hydroxylation is 2. The van der Waals surface area contributed by atoms with Gasteiger partial charge < -0.3 is 0 Å². The molecule has 3 heterocycles. The molecule has 3 heteroatoms. The summed E-state index contributed by atoms with van der Waals surface area (Å²) in [5.41, 5.74) is 3.88. The molecule has 3 nitrogen and oxygen atoms in total. The van der Waals surface area contributed by atoms with Gasteiger partial charge in [0, 0.05) is 30.3 Å². The summed E-state index contributed by atoms with van der Waals surface area (Å²) in [6, 6.07) is 0.756. The average molecular weight is 203 g/mol. The van der Waals surface area contributed by atoms with Gasteiger partial charge in [-0.2, -0.15) is 0 Å². The zero-order valence-electron chi connectivity index (χ0n) is 9.45. The summed E-state index contributed by atoms with van der Waals surface area (Å²) in [6.45, 7) is 6.45. The maximum atomic E-state index is 4.60. The molecule has 0 aliphatic carbocycles. The van der Waals surface area contributed by atoms with E-state index in [-0.39, 0.29) is 0 Å². The molecule has 80 valence electrons. The smallest absolute Gasteiger partial charge is 0.125 e. The lowest BCUT2D eigenvalue weighted by Crippen LogP contribution is -2.36. The summed E-state index contributed by atoms with van der Waals surface area (Å²) < 4.78 is 0. The summed E-state index contributed by atoms with van der Waals surface area (Å²) in [5.74, 6) is 0.928. The SMILES string of the molecule is Cc1nc(C)c2c(n1)CC1CCCN1C2. The van der Waals surface area contributed by atoms with E-state index >= 15 is 0 Å². The first-order valence-corrected chi connectivity index (χ1v) is 5.81. The van der Waals surface area contributed by atoms with E-state index in [1.165, 1.54) is 36.3 Å². The van der Waals surface area contributed by atoms with Crippen LogP contribution in [0.25, 0.3) is 0 Å². The number of rotatable bonds is 0. The van der Waals surface area contributed by atoms with Gasteiger partial charge in [0.05, 0.1) is 5.69 Å². The van der Waals surface area contributed by atoms with Gasteiger partial charge in [-0.25, -0.2) is 9.97 Å². The van der Waals surface area contributed by atoms with E-state index in [0.717, 1.165) is 24.8 Å². The van der Waals surface area contributed by atoms with Crippen LogP contribution in [0.4, 0.5) is 0 Å². The van der Waals surface area contributed by atoms with E-state index in [4.69, 9.17) is 0 Å². The number of fused-ring (bicyclic) bond motifs is 2. The molecule has 1 saturated heterocycles. The van der Waals surface area contributed by atoms with Crippen LogP contribution in [0, 0.1) is 13.8 Å². The first-order chi connectivity index (χ1) is 7.24. The molecule has 2 aliphatic rings. The van der Waals surface area contributed by atoms with Crippen molar-refractivity contribution in [3.63, 3.8) is 0 Å². The van der Waals surface area contributed by atoms with Crippen molar-refractivity contribution in [3.05, 3.63) is 22.8 Å². The molecule has 3 rings (SSSR count). The highest BCUT2D eigenvalue weighted by Gasteiger charge is 2.31. The second-order valence-corrected chi connectivity index (χ2v) is 4.75. The number of aromatic nitrogens is 2. The van der Waals surface area contributed by atoms with Gasteiger partial charge in [-0.05, 0) is 33.2 Å². The zero-order chi connectivity index (χ0) is 10.4. The molecule has 0 radical (unpaired) electrons. The highest BCUT2D eigenvalue weighted by Crippen LogP contribution is 2.30. The maximum absolute atomic E-state index is 4.60. The standard InChI is InChI=1S/C12H17N3/c1-8-11-7-15-5-3-4-10(15)6-12(11)14-9(2)13-8/h10H,3-7H2,1-2H3. The lowest BCUT2D eigenvalue weighted by Gasteiger charge is -2.31. The Morgan fingerprint density at radius 2 is 2.13 bits per heavy atom. The molecular weight excluding hydrogens is 186 g/mol. The maximum Gasteiger partial charge on any atom is 0.125 e. The Kier molecular flexibility index (Phi) is 2.02. The fraction of sp³-hybridized carbons (Fsp3) is 0.667. The van der Waals surface area contributed by atoms with Crippen LogP contribution in [0.1, 0.15) is 35.6 Å². The van der Waals surface area contributed by atoms with E-state index in [1.807, 2.05) is 6.92 Å². The molecule has 2 aliphatic heterocycles. The van der Waals surface area contributed by atoms with Crippen molar-refractivity contribution >= 4 is 0 Å². The van der Waals surface area contributed by atoms with E-state index < -0.39 is 0 Å². The second kappa shape index (κ2) is 3.27. The molecular formula is C12H17N3. The fourth-order valence-corrected chi connectivity index (χ4v) is 2.94. The summed E-state index contributed by atoms with van der Waals surface area (Å²) >= 11 is 0. The van der Waals surface area contributed by atoms with Gasteiger partial charge in [-0.3, -0.25) is 4.90 Å². The van der Waals surface area contributed by atoms with E-state index in [0.29, 0.717) is 0 Å². The molecule has 1 fully saturated rings. The van der Waals surface area contributed by atoms with Gasteiger partial charge in [-0.15, -0.1) is 0 Å². The normalized spacial score (nSPS) is 25.1. The Bertz CT molecular complexity index is 400. The molecule has 0 aromatic carbocycles. The molecule has 1 atom stereocenters. The van der Waals surface area contributed by atoms with E-state index in [9.17, 15) is 0 Å². The third-order valence-electron chi connectivity index (χ3n) is 3.70. The van der Waals surface area contributed by atoms with Crippen LogP contribution in [0.15, 0.2) is 0 Å². The van der Waals surface area contributed by atoms with Crippen LogP contribution in [0.3, 0.4) is 0 Å². The molecule has 0 N–H and O–H groups in total. The number of nitrogens with zero attached hydrogens (tertiary/aromatic N) is 3. The Morgan fingerprint density at radius 1 is 1.27 bits per heavy atom. The Balaban J connectivity index is 2.03. The third kappa shape index (κ3) is 1.46. The Morgan fingerprint density at radius 3 is 3.00 bits per heavy atom. The van der Waals surface area contributed by atoms with Crippen molar-refractivity contribution in [1.82, 2.24) is 14.9 Å². The van der Waals surface area contributed by atoms with E-state index in [1.54, 1.807) is 0 Å². The van der Waals surface area contributed by atoms with Gasteiger partial charge in [0.2, 0.25) is 0 Å². The van der Waals surface area contributed by atoms with Gasteiger partial charge in [0.25, 0.3) is 0 Å². The van der Waals surface area contributed by atoms with Gasteiger partial charge in [-0.1, -0.05) is 0 Å². The molecule has 1 unspecified atom stereocenters. The summed E-state index contributed by atoms with van der Waals surface area (Å²) in [6.07, 6.45) is 3.84. The van der Waals surface area contributed by atoms with Gasteiger partial charge in [0.15, 0.2) is 0 Å². The minimum absolute atomic E-state index is 0.756.